The van der Waals surface area contributed by atoms with Gasteiger partial charge in [-0.2, -0.15) is 0 Å². The molecule has 0 aromatic carbocycles. The smallest absolute Gasteiger partial charge is 0.155 e. The number of nitrogens with zero attached hydrogens (tertiary/aromatic N) is 1. The predicted molar refractivity (Wildman–Crippen MR) is 50.0 cm³/mol. The van der Waals surface area contributed by atoms with Gasteiger partial charge >= 0.3 is 0 Å². The van der Waals surface area contributed by atoms with Gasteiger partial charge in [0.25, 0.3) is 0 Å². The van der Waals surface area contributed by atoms with Crippen molar-refractivity contribution in [1.82, 2.24) is 4.98 Å². The molecule has 0 amide bonds. The SMILES string of the molecule is CCS(=O)(=O)Cc1cnc(C)s1. The van der Waals surface area contributed by atoms with Crippen LogP contribution in [0.15, 0.2) is 6.20 Å². The Kier molecular flexibility index (Phi) is 2.85. The number of hydrogen-bond donors (Lipinski definition) is 0. The van der Waals surface area contributed by atoms with Crippen molar-refractivity contribution in [3.05, 3.63) is 16.1 Å². The number of rotatable bonds is 3. The van der Waals surface area contributed by atoms with Crippen molar-refractivity contribution in [3.8, 4) is 0 Å². The van der Waals surface area contributed by atoms with Gasteiger partial charge in [0, 0.05) is 16.8 Å². The van der Waals surface area contributed by atoms with Gasteiger partial charge in [0.2, 0.25) is 0 Å². The molecule has 0 aliphatic heterocycles. The highest BCUT2D eigenvalue weighted by Crippen LogP contribution is 2.14. The molecule has 3 nitrogen and oxygen atoms in total. The van der Waals surface area contributed by atoms with Crippen molar-refractivity contribution in [2.45, 2.75) is 19.6 Å². The van der Waals surface area contributed by atoms with Gasteiger partial charge in [-0.25, -0.2) is 13.4 Å². The van der Waals surface area contributed by atoms with E-state index in [0.29, 0.717) is 0 Å². The molecule has 5 heteroatoms. The third-order valence-corrected chi connectivity index (χ3v) is 4.20. The molecule has 68 valence electrons. The summed E-state index contributed by atoms with van der Waals surface area (Å²) in [6, 6.07) is 0. The van der Waals surface area contributed by atoms with Crippen LogP contribution in [-0.4, -0.2) is 19.2 Å². The minimum absolute atomic E-state index is 0.134. The van der Waals surface area contributed by atoms with Crippen LogP contribution in [0.2, 0.25) is 0 Å². The highest BCUT2D eigenvalue weighted by Gasteiger charge is 2.10. The van der Waals surface area contributed by atoms with E-state index in [2.05, 4.69) is 4.98 Å². The summed E-state index contributed by atoms with van der Waals surface area (Å²) >= 11 is 1.44. The molecule has 0 saturated carbocycles. The molecule has 0 N–H and O–H groups in total. The van der Waals surface area contributed by atoms with Crippen molar-refractivity contribution in [1.29, 1.82) is 0 Å². The van der Waals surface area contributed by atoms with E-state index in [1.807, 2.05) is 6.92 Å². The van der Waals surface area contributed by atoms with Crippen LogP contribution < -0.4 is 0 Å². The van der Waals surface area contributed by atoms with Crippen LogP contribution in [-0.2, 0) is 15.6 Å². The average Bonchev–Trinajstić information content (AvgIpc) is 2.35. The zero-order chi connectivity index (χ0) is 9.19. The molecule has 0 unspecified atom stereocenters. The zero-order valence-corrected chi connectivity index (χ0v) is 8.70. The van der Waals surface area contributed by atoms with Gasteiger partial charge in [0.05, 0.1) is 10.8 Å². The van der Waals surface area contributed by atoms with E-state index in [1.54, 1.807) is 13.1 Å². The normalized spacial score (nSPS) is 11.8. The molecule has 0 fully saturated rings. The first-order valence-corrected chi connectivity index (χ1v) is 6.29. The summed E-state index contributed by atoms with van der Waals surface area (Å²) in [6.45, 7) is 3.52. The van der Waals surface area contributed by atoms with Crippen molar-refractivity contribution in [2.24, 2.45) is 0 Å². The van der Waals surface area contributed by atoms with Crippen LogP contribution in [0, 0.1) is 6.92 Å². The second-order valence-corrected chi connectivity index (χ2v) is 6.19. The topological polar surface area (TPSA) is 47.0 Å². The van der Waals surface area contributed by atoms with Crippen LogP contribution in [0.3, 0.4) is 0 Å². The second kappa shape index (κ2) is 3.53. The van der Waals surface area contributed by atoms with E-state index in [4.69, 9.17) is 0 Å². The molecule has 12 heavy (non-hydrogen) atoms. The summed E-state index contributed by atoms with van der Waals surface area (Å²) in [4.78, 5) is 4.82. The third kappa shape index (κ3) is 2.57. The van der Waals surface area contributed by atoms with Gasteiger partial charge in [-0.1, -0.05) is 6.92 Å². The first-order chi connectivity index (χ1) is 5.53. The molecule has 1 aromatic heterocycles. The third-order valence-electron chi connectivity index (χ3n) is 1.47. The Morgan fingerprint density at radius 1 is 1.58 bits per heavy atom. The first-order valence-electron chi connectivity index (χ1n) is 3.65. The molecule has 0 spiro atoms. The Morgan fingerprint density at radius 2 is 2.25 bits per heavy atom. The highest BCUT2D eigenvalue weighted by molar-refractivity contribution is 7.90. The minimum Gasteiger partial charge on any atom is -0.250 e. The van der Waals surface area contributed by atoms with Crippen molar-refractivity contribution < 1.29 is 8.42 Å². The number of aromatic nitrogens is 1. The fourth-order valence-electron chi connectivity index (χ4n) is 0.791. The van der Waals surface area contributed by atoms with Gasteiger partial charge in [-0.05, 0) is 6.92 Å². The molecule has 1 aromatic rings. The number of sulfone groups is 1. The monoisotopic (exact) mass is 205 g/mol. The van der Waals surface area contributed by atoms with Crippen LogP contribution in [0.1, 0.15) is 16.8 Å². The Bertz CT molecular complexity index is 353. The zero-order valence-electron chi connectivity index (χ0n) is 7.07. The van der Waals surface area contributed by atoms with E-state index in [-0.39, 0.29) is 11.5 Å². The second-order valence-electron chi connectivity index (χ2n) is 2.52. The van der Waals surface area contributed by atoms with Crippen LogP contribution in [0.4, 0.5) is 0 Å². The van der Waals surface area contributed by atoms with E-state index >= 15 is 0 Å². The molecular formula is C7H11NO2S2. The summed E-state index contributed by atoms with van der Waals surface area (Å²) in [5.41, 5.74) is 0. The number of hydrogen-bond acceptors (Lipinski definition) is 4. The standard InChI is InChI=1S/C7H11NO2S2/c1-3-12(9,10)5-7-4-8-6(2)11-7/h4H,3,5H2,1-2H3. The minimum atomic E-state index is -2.89. The maximum atomic E-state index is 11.2. The number of thiazole rings is 1. The quantitative estimate of drug-likeness (QED) is 0.749. The summed E-state index contributed by atoms with van der Waals surface area (Å²) in [7, 11) is -2.89. The fourth-order valence-corrected chi connectivity index (χ4v) is 2.87. The molecule has 0 aliphatic carbocycles. The highest BCUT2D eigenvalue weighted by atomic mass is 32.2. The molecule has 1 rings (SSSR count). The Morgan fingerprint density at radius 3 is 2.67 bits per heavy atom. The van der Waals surface area contributed by atoms with E-state index in [1.165, 1.54) is 11.3 Å². The number of aryl methyl sites for hydroxylation is 1. The van der Waals surface area contributed by atoms with Crippen LogP contribution in [0.5, 0.6) is 0 Å². The molecule has 0 aliphatic rings. The molecule has 0 bridgehead atoms. The van der Waals surface area contributed by atoms with E-state index < -0.39 is 9.84 Å². The van der Waals surface area contributed by atoms with E-state index in [0.717, 1.165) is 9.88 Å². The van der Waals surface area contributed by atoms with Gasteiger partial charge < -0.3 is 0 Å². The Balaban J connectivity index is 2.77. The van der Waals surface area contributed by atoms with Crippen LogP contribution in [0.25, 0.3) is 0 Å². The summed E-state index contributed by atoms with van der Waals surface area (Å²) in [5, 5.41) is 0.913. The lowest BCUT2D eigenvalue weighted by atomic mass is 10.6. The van der Waals surface area contributed by atoms with Crippen LogP contribution >= 0.6 is 11.3 Å². The molecule has 0 saturated heterocycles. The van der Waals surface area contributed by atoms with Gasteiger partial charge in [0.15, 0.2) is 9.84 Å². The average molecular weight is 205 g/mol. The summed E-state index contributed by atoms with van der Waals surface area (Å²) in [6.07, 6.45) is 1.63. The van der Waals surface area contributed by atoms with Crippen molar-refractivity contribution in [2.75, 3.05) is 5.75 Å². The maximum Gasteiger partial charge on any atom is 0.155 e. The lowest BCUT2D eigenvalue weighted by Crippen LogP contribution is -2.04. The molecule has 1 heterocycles. The lowest BCUT2D eigenvalue weighted by molar-refractivity contribution is 0.597. The first kappa shape index (κ1) is 9.67. The maximum absolute atomic E-state index is 11.2. The summed E-state index contributed by atoms with van der Waals surface area (Å²) in [5.74, 6) is 0.332. The summed E-state index contributed by atoms with van der Waals surface area (Å²) < 4.78 is 22.3. The Hall–Kier alpha value is -0.420. The predicted octanol–water partition coefficient (Wildman–Crippen LogP) is 1.39. The van der Waals surface area contributed by atoms with Gasteiger partial charge in [-0.3, -0.25) is 0 Å². The lowest BCUT2D eigenvalue weighted by Gasteiger charge is -1.95. The van der Waals surface area contributed by atoms with E-state index in [9.17, 15) is 8.42 Å². The van der Waals surface area contributed by atoms with Crippen molar-refractivity contribution >= 4 is 21.2 Å². The Labute approximate surface area is 76.4 Å². The fraction of sp³-hybridized carbons (Fsp3) is 0.571. The van der Waals surface area contributed by atoms with Gasteiger partial charge in [0.1, 0.15) is 0 Å². The molecular weight excluding hydrogens is 194 g/mol. The van der Waals surface area contributed by atoms with Gasteiger partial charge in [-0.15, -0.1) is 11.3 Å². The van der Waals surface area contributed by atoms with Crippen molar-refractivity contribution in [3.63, 3.8) is 0 Å². The largest absolute Gasteiger partial charge is 0.250 e. The molecule has 0 atom stereocenters. The molecule has 0 radical (unpaired) electrons.